The minimum atomic E-state index is -0.193. The van der Waals surface area contributed by atoms with E-state index in [1.807, 2.05) is 55.5 Å². The maximum Gasteiger partial charge on any atom is 0.294 e. The summed E-state index contributed by atoms with van der Waals surface area (Å²) in [5.74, 6) is 0.638. The summed E-state index contributed by atoms with van der Waals surface area (Å²) in [5, 5.41) is 3.06. The second-order valence-corrected chi connectivity index (χ2v) is 11.1. The number of fused-ring (bicyclic) bond motifs is 1. The number of quaternary nitrogens is 1. The predicted molar refractivity (Wildman–Crippen MR) is 159 cm³/mol. The maximum atomic E-state index is 13.5. The quantitative estimate of drug-likeness (QED) is 0.300. The molecule has 5 rings (SSSR count). The van der Waals surface area contributed by atoms with Crippen molar-refractivity contribution in [3.63, 3.8) is 0 Å². The Hall–Kier alpha value is -3.90. The molecule has 1 atom stereocenters. The molecule has 3 aromatic rings. The van der Waals surface area contributed by atoms with E-state index in [1.54, 1.807) is 28.0 Å². The van der Waals surface area contributed by atoms with E-state index in [-0.39, 0.29) is 17.6 Å². The molecular formula is C34H40N3O3+. The van der Waals surface area contributed by atoms with Crippen molar-refractivity contribution in [2.24, 2.45) is 0 Å². The summed E-state index contributed by atoms with van der Waals surface area (Å²) in [6.07, 6.45) is 9.45. The summed E-state index contributed by atoms with van der Waals surface area (Å²) in [6.45, 7) is 4.25. The molecule has 208 valence electrons. The van der Waals surface area contributed by atoms with Crippen LogP contribution < -0.4 is 19.9 Å². The van der Waals surface area contributed by atoms with Gasteiger partial charge in [-0.05, 0) is 74.1 Å². The van der Waals surface area contributed by atoms with Gasteiger partial charge in [0.05, 0.1) is 31.9 Å². The zero-order valence-corrected chi connectivity index (χ0v) is 23.6. The smallest absolute Gasteiger partial charge is 0.294 e. The van der Waals surface area contributed by atoms with Gasteiger partial charge >= 0.3 is 0 Å². The maximum absolute atomic E-state index is 13.5. The highest BCUT2D eigenvalue weighted by atomic mass is 16.5. The Morgan fingerprint density at radius 2 is 1.73 bits per heavy atom. The first kappa shape index (κ1) is 27.7. The van der Waals surface area contributed by atoms with Crippen LogP contribution in [-0.2, 0) is 11.3 Å². The summed E-state index contributed by atoms with van der Waals surface area (Å²) >= 11 is 0. The predicted octanol–water partition coefficient (Wildman–Crippen LogP) is 4.93. The van der Waals surface area contributed by atoms with E-state index in [0.717, 1.165) is 35.8 Å². The molecule has 0 bridgehead atoms. The van der Waals surface area contributed by atoms with Crippen LogP contribution >= 0.6 is 0 Å². The Kier molecular flexibility index (Phi) is 8.97. The molecule has 0 saturated heterocycles. The number of hydrogen-bond acceptors (Lipinski definition) is 3. The number of carbonyl (C=O) groups is 2. The largest absolute Gasteiger partial charge is 0.449 e. The fourth-order valence-electron chi connectivity index (χ4n) is 5.65. The van der Waals surface area contributed by atoms with Gasteiger partial charge in [0.15, 0.2) is 11.5 Å². The molecule has 6 heteroatoms. The summed E-state index contributed by atoms with van der Waals surface area (Å²) in [5.41, 5.74) is 4.39. The van der Waals surface area contributed by atoms with Crippen molar-refractivity contribution in [2.75, 3.05) is 25.0 Å². The first-order valence-electron chi connectivity index (χ1n) is 14.5. The van der Waals surface area contributed by atoms with E-state index < -0.39 is 0 Å². The van der Waals surface area contributed by atoms with Crippen molar-refractivity contribution in [2.45, 2.75) is 58.0 Å². The van der Waals surface area contributed by atoms with Crippen LogP contribution in [0.5, 0.6) is 5.75 Å². The van der Waals surface area contributed by atoms with E-state index in [9.17, 15) is 9.59 Å². The Labute approximate surface area is 237 Å². The molecule has 0 aromatic heterocycles. The minimum absolute atomic E-state index is 0.0716. The van der Waals surface area contributed by atoms with Crippen molar-refractivity contribution in [1.82, 2.24) is 5.32 Å². The lowest BCUT2D eigenvalue weighted by Crippen LogP contribution is -3.13. The molecule has 0 radical (unpaired) electrons. The third kappa shape index (κ3) is 6.80. The van der Waals surface area contributed by atoms with Gasteiger partial charge in [-0.1, -0.05) is 60.5 Å². The molecule has 1 aliphatic carbocycles. The van der Waals surface area contributed by atoms with Crippen LogP contribution in [0.15, 0.2) is 78.6 Å². The van der Waals surface area contributed by atoms with Gasteiger partial charge in [0, 0.05) is 18.5 Å². The van der Waals surface area contributed by atoms with Gasteiger partial charge in [-0.15, -0.1) is 0 Å². The molecule has 1 saturated carbocycles. The first-order chi connectivity index (χ1) is 19.5. The van der Waals surface area contributed by atoms with Gasteiger partial charge in [0.2, 0.25) is 0 Å². The van der Waals surface area contributed by atoms with Crippen molar-refractivity contribution >= 4 is 23.6 Å². The first-order valence-corrected chi connectivity index (χ1v) is 14.5. The van der Waals surface area contributed by atoms with Gasteiger partial charge in [0.25, 0.3) is 11.8 Å². The Morgan fingerprint density at radius 3 is 2.48 bits per heavy atom. The number of hydrogen-bond donors (Lipinski definition) is 2. The van der Waals surface area contributed by atoms with Crippen LogP contribution in [0.25, 0.3) is 6.08 Å². The second kappa shape index (κ2) is 13.0. The number of aryl methyl sites for hydroxylation is 1. The number of rotatable bonds is 9. The molecule has 0 spiro atoms. The number of para-hydroxylation sites is 2. The highest BCUT2D eigenvalue weighted by Crippen LogP contribution is 2.36. The fraction of sp³-hybridized carbons (Fsp3) is 0.353. The number of anilines is 1. The lowest BCUT2D eigenvalue weighted by molar-refractivity contribution is -0.907. The van der Waals surface area contributed by atoms with Gasteiger partial charge in [-0.2, -0.15) is 0 Å². The van der Waals surface area contributed by atoms with Crippen LogP contribution in [0.1, 0.15) is 65.6 Å². The van der Waals surface area contributed by atoms with Gasteiger partial charge in [-0.3, -0.25) is 14.5 Å². The van der Waals surface area contributed by atoms with Crippen molar-refractivity contribution < 1.29 is 19.2 Å². The van der Waals surface area contributed by atoms with Crippen LogP contribution in [0.3, 0.4) is 0 Å². The molecule has 2 aliphatic rings. The Balaban J connectivity index is 1.20. The number of nitrogens with one attached hydrogen (secondary N) is 2. The topological polar surface area (TPSA) is 63.1 Å². The summed E-state index contributed by atoms with van der Waals surface area (Å²) in [4.78, 5) is 29.5. The van der Waals surface area contributed by atoms with E-state index >= 15 is 0 Å². The summed E-state index contributed by atoms with van der Waals surface area (Å²) in [7, 11) is 2.28. The lowest BCUT2D eigenvalue weighted by atomic mass is 9.94. The molecule has 1 aliphatic heterocycles. The minimum Gasteiger partial charge on any atom is -0.449 e. The SMILES string of the molecule is Cc1ccc(CN2C(=O)C(=Cc3ccc(C(=O)NCCC[NH+](C)C4CCCCC4)cc3)Oc3ccccc32)cc1. The van der Waals surface area contributed by atoms with E-state index in [1.165, 1.54) is 37.7 Å². The van der Waals surface area contributed by atoms with Crippen molar-refractivity contribution in [3.05, 3.63) is 101 Å². The zero-order chi connectivity index (χ0) is 27.9. The fourth-order valence-corrected chi connectivity index (χ4v) is 5.65. The van der Waals surface area contributed by atoms with Gasteiger partial charge in [-0.25, -0.2) is 0 Å². The normalized spacial score (nSPS) is 17.3. The highest BCUT2D eigenvalue weighted by Gasteiger charge is 2.30. The van der Waals surface area contributed by atoms with Gasteiger partial charge in [0.1, 0.15) is 0 Å². The van der Waals surface area contributed by atoms with Crippen LogP contribution in [0, 0.1) is 6.92 Å². The van der Waals surface area contributed by atoms with E-state index in [4.69, 9.17) is 4.74 Å². The molecule has 2 amide bonds. The van der Waals surface area contributed by atoms with Crippen LogP contribution in [0.2, 0.25) is 0 Å². The number of carbonyl (C=O) groups excluding carboxylic acids is 2. The number of amides is 2. The Bertz CT molecular complexity index is 1340. The molecule has 1 fully saturated rings. The van der Waals surface area contributed by atoms with E-state index in [0.29, 0.717) is 24.4 Å². The van der Waals surface area contributed by atoms with Crippen LogP contribution in [-0.4, -0.2) is 38.0 Å². The monoisotopic (exact) mass is 538 g/mol. The molecule has 40 heavy (non-hydrogen) atoms. The highest BCUT2D eigenvalue weighted by molar-refractivity contribution is 6.09. The Morgan fingerprint density at radius 1 is 1.00 bits per heavy atom. The number of ether oxygens (including phenoxy) is 1. The molecule has 1 heterocycles. The number of benzene rings is 3. The number of nitrogens with zero attached hydrogens (tertiary/aromatic N) is 1. The van der Waals surface area contributed by atoms with Gasteiger partial charge < -0.3 is 15.0 Å². The third-order valence-electron chi connectivity index (χ3n) is 8.10. The molecular weight excluding hydrogens is 498 g/mol. The van der Waals surface area contributed by atoms with Crippen LogP contribution in [0.4, 0.5) is 5.69 Å². The summed E-state index contributed by atoms with van der Waals surface area (Å²) < 4.78 is 6.03. The molecule has 3 aromatic carbocycles. The molecule has 1 unspecified atom stereocenters. The summed E-state index contributed by atoms with van der Waals surface area (Å²) in [6, 6.07) is 23.9. The standard InChI is InChI=1S/C34H39N3O3/c1-25-13-15-27(16-14-25)24-37-30-11-6-7-12-31(30)40-32(34(37)39)23-26-17-19-28(20-18-26)33(38)35-21-8-22-36(2)29-9-4-3-5-10-29/h6-7,11-20,23,29H,3-5,8-10,21-22,24H2,1-2H3,(H,35,38)/p+1. The molecule has 2 N–H and O–H groups in total. The average molecular weight is 539 g/mol. The lowest BCUT2D eigenvalue weighted by Gasteiger charge is -2.30. The van der Waals surface area contributed by atoms with Crippen molar-refractivity contribution in [1.29, 1.82) is 0 Å². The van der Waals surface area contributed by atoms with Crippen molar-refractivity contribution in [3.8, 4) is 5.75 Å². The third-order valence-corrected chi connectivity index (χ3v) is 8.10. The molecule has 6 nitrogen and oxygen atoms in total. The van der Waals surface area contributed by atoms with E-state index in [2.05, 4.69) is 24.5 Å². The second-order valence-electron chi connectivity index (χ2n) is 11.1. The zero-order valence-electron chi connectivity index (χ0n) is 23.6. The average Bonchev–Trinajstić information content (AvgIpc) is 2.99.